The number of fused-ring (bicyclic) bond motifs is 1. The molecule has 0 bridgehead atoms. The Hall–Kier alpha value is -2.81. The number of aromatic nitrogens is 2. The van der Waals surface area contributed by atoms with Gasteiger partial charge in [-0.1, -0.05) is 12.1 Å². The van der Waals surface area contributed by atoms with E-state index in [-0.39, 0.29) is 24.0 Å². The second kappa shape index (κ2) is 8.27. The van der Waals surface area contributed by atoms with Crippen molar-refractivity contribution < 1.29 is 19.4 Å². The van der Waals surface area contributed by atoms with Gasteiger partial charge in [-0.25, -0.2) is 4.79 Å². The summed E-state index contributed by atoms with van der Waals surface area (Å²) < 4.78 is 7.40. The first-order valence-corrected chi connectivity index (χ1v) is 11.2. The van der Waals surface area contributed by atoms with E-state index < -0.39 is 11.8 Å². The Morgan fingerprint density at radius 3 is 2.66 bits per heavy atom. The molecule has 0 radical (unpaired) electrons. The van der Waals surface area contributed by atoms with Crippen molar-refractivity contribution in [2.75, 3.05) is 24.5 Å². The van der Waals surface area contributed by atoms with Crippen molar-refractivity contribution in [3.8, 4) is 0 Å². The SMILES string of the molecule is C[C@H]1CN(c2cccc3c(C4CCC(O)NC4=O)nn(C)c23)CCN1C(=O)OC(C)(C)C. The van der Waals surface area contributed by atoms with Gasteiger partial charge in [0.05, 0.1) is 22.8 Å². The topological polar surface area (TPSA) is 99.9 Å². The summed E-state index contributed by atoms with van der Waals surface area (Å²) in [5, 5.41) is 18.0. The van der Waals surface area contributed by atoms with Crippen molar-refractivity contribution >= 4 is 28.6 Å². The number of benzene rings is 1. The fourth-order valence-electron chi connectivity index (χ4n) is 4.68. The van der Waals surface area contributed by atoms with Crippen LogP contribution in [-0.2, 0) is 16.6 Å². The number of hydrogen-bond donors (Lipinski definition) is 2. The van der Waals surface area contributed by atoms with E-state index in [1.54, 1.807) is 4.90 Å². The highest BCUT2D eigenvalue weighted by atomic mass is 16.6. The van der Waals surface area contributed by atoms with Crippen molar-refractivity contribution in [1.29, 1.82) is 0 Å². The number of piperazine rings is 1. The molecule has 9 nitrogen and oxygen atoms in total. The zero-order valence-corrected chi connectivity index (χ0v) is 19.5. The number of aliphatic hydroxyl groups excluding tert-OH is 1. The lowest BCUT2D eigenvalue weighted by atomic mass is 9.92. The molecule has 3 atom stereocenters. The standard InChI is InChI=1S/C23H33N5O4/c1-14-13-27(11-12-28(14)22(31)32-23(2,3)4)17-8-6-7-15-19(25-26(5)20(15)17)16-9-10-18(29)24-21(16)30/h6-8,14,16,18,29H,9-13H2,1-5H3,(H,24,30)/t14-,16?,18?/m0/s1. The number of aliphatic hydroxyl groups is 1. The van der Waals surface area contributed by atoms with Gasteiger partial charge < -0.3 is 25.0 Å². The van der Waals surface area contributed by atoms with Crippen LogP contribution in [0.3, 0.4) is 0 Å². The predicted octanol–water partition coefficient (Wildman–Crippen LogP) is 2.33. The lowest BCUT2D eigenvalue weighted by Crippen LogP contribution is -2.55. The van der Waals surface area contributed by atoms with Gasteiger partial charge in [0.15, 0.2) is 0 Å². The van der Waals surface area contributed by atoms with Crippen molar-refractivity contribution in [2.45, 2.75) is 64.3 Å². The lowest BCUT2D eigenvalue weighted by Gasteiger charge is -2.41. The van der Waals surface area contributed by atoms with Crippen LogP contribution in [0.2, 0.25) is 0 Å². The smallest absolute Gasteiger partial charge is 0.410 e. The van der Waals surface area contributed by atoms with Gasteiger partial charge in [-0.3, -0.25) is 9.48 Å². The maximum absolute atomic E-state index is 12.6. The number of ether oxygens (including phenoxy) is 1. The van der Waals surface area contributed by atoms with Crippen LogP contribution in [0, 0.1) is 0 Å². The average molecular weight is 444 g/mol. The van der Waals surface area contributed by atoms with E-state index in [2.05, 4.69) is 16.3 Å². The summed E-state index contributed by atoms with van der Waals surface area (Å²) in [6.45, 7) is 9.58. The van der Waals surface area contributed by atoms with Gasteiger partial charge in [0.25, 0.3) is 0 Å². The molecule has 0 spiro atoms. The number of nitrogens with zero attached hydrogens (tertiary/aromatic N) is 4. The number of rotatable bonds is 2. The molecule has 3 heterocycles. The third kappa shape index (κ3) is 4.26. The summed E-state index contributed by atoms with van der Waals surface area (Å²) in [6.07, 6.45) is 0.0102. The van der Waals surface area contributed by atoms with Crippen LogP contribution < -0.4 is 10.2 Å². The number of carbonyl (C=O) groups is 2. The molecular weight excluding hydrogens is 410 g/mol. The van der Waals surface area contributed by atoms with Crippen molar-refractivity contribution in [3.05, 3.63) is 23.9 Å². The number of carbonyl (C=O) groups excluding carboxylic acids is 2. The molecule has 9 heteroatoms. The van der Waals surface area contributed by atoms with Gasteiger partial charge in [-0.2, -0.15) is 5.10 Å². The normalized spacial score (nSPS) is 24.6. The molecule has 2 unspecified atom stereocenters. The highest BCUT2D eigenvalue weighted by Gasteiger charge is 2.34. The highest BCUT2D eigenvalue weighted by molar-refractivity contribution is 5.97. The van der Waals surface area contributed by atoms with Crippen molar-refractivity contribution in [1.82, 2.24) is 20.0 Å². The van der Waals surface area contributed by atoms with Crippen LogP contribution in [-0.4, -0.2) is 69.3 Å². The third-order valence-electron chi connectivity index (χ3n) is 6.15. The fraction of sp³-hybridized carbons (Fsp3) is 0.609. The number of piperidine rings is 1. The number of aryl methyl sites for hydroxylation is 1. The van der Waals surface area contributed by atoms with Crippen molar-refractivity contribution in [2.24, 2.45) is 7.05 Å². The zero-order chi connectivity index (χ0) is 23.2. The number of para-hydroxylation sites is 1. The molecule has 2 saturated heterocycles. The van der Waals surface area contributed by atoms with Gasteiger partial charge in [0.2, 0.25) is 5.91 Å². The first kappa shape index (κ1) is 22.4. The maximum atomic E-state index is 12.6. The van der Waals surface area contributed by atoms with Gasteiger partial charge >= 0.3 is 6.09 Å². The zero-order valence-electron chi connectivity index (χ0n) is 19.5. The minimum absolute atomic E-state index is 0.00726. The maximum Gasteiger partial charge on any atom is 0.410 e. The molecule has 0 aliphatic carbocycles. The highest BCUT2D eigenvalue weighted by Crippen LogP contribution is 2.35. The van der Waals surface area contributed by atoms with E-state index in [1.807, 2.05) is 51.6 Å². The molecular formula is C23H33N5O4. The van der Waals surface area contributed by atoms with Gasteiger partial charge in [-0.15, -0.1) is 0 Å². The molecule has 2 aliphatic heterocycles. The Morgan fingerprint density at radius 1 is 1.25 bits per heavy atom. The first-order chi connectivity index (χ1) is 15.0. The summed E-state index contributed by atoms with van der Waals surface area (Å²) in [5.41, 5.74) is 2.23. The molecule has 1 aromatic carbocycles. The molecule has 0 saturated carbocycles. The second-order valence-electron chi connectivity index (χ2n) is 9.81. The monoisotopic (exact) mass is 443 g/mol. The number of anilines is 1. The van der Waals surface area contributed by atoms with Crippen LogP contribution >= 0.6 is 0 Å². The fourth-order valence-corrected chi connectivity index (χ4v) is 4.68. The van der Waals surface area contributed by atoms with E-state index in [0.717, 1.165) is 22.3 Å². The largest absolute Gasteiger partial charge is 0.444 e. The summed E-state index contributed by atoms with van der Waals surface area (Å²) in [6, 6.07) is 6.05. The minimum atomic E-state index is -0.785. The molecule has 174 valence electrons. The number of hydrogen-bond acceptors (Lipinski definition) is 6. The van der Waals surface area contributed by atoms with Crippen LogP contribution in [0.15, 0.2) is 18.2 Å². The molecule has 4 rings (SSSR count). The molecule has 2 fully saturated rings. The third-order valence-corrected chi connectivity index (χ3v) is 6.15. The van der Waals surface area contributed by atoms with Crippen LogP contribution in [0.5, 0.6) is 0 Å². The van der Waals surface area contributed by atoms with Gasteiger partial charge in [0.1, 0.15) is 11.8 Å². The summed E-state index contributed by atoms with van der Waals surface area (Å²) in [5.74, 6) is -0.561. The van der Waals surface area contributed by atoms with Gasteiger partial charge in [0, 0.05) is 38.1 Å². The summed E-state index contributed by atoms with van der Waals surface area (Å²) in [7, 11) is 1.89. The van der Waals surface area contributed by atoms with E-state index in [4.69, 9.17) is 9.84 Å². The van der Waals surface area contributed by atoms with E-state index in [1.165, 1.54) is 0 Å². The van der Waals surface area contributed by atoms with Crippen LogP contribution in [0.1, 0.15) is 52.1 Å². The predicted molar refractivity (Wildman–Crippen MR) is 121 cm³/mol. The summed E-state index contributed by atoms with van der Waals surface area (Å²) >= 11 is 0. The van der Waals surface area contributed by atoms with E-state index >= 15 is 0 Å². The quantitative estimate of drug-likeness (QED) is 0.739. The first-order valence-electron chi connectivity index (χ1n) is 11.2. The molecule has 32 heavy (non-hydrogen) atoms. The molecule has 2 amide bonds. The Kier molecular flexibility index (Phi) is 5.79. The van der Waals surface area contributed by atoms with E-state index in [9.17, 15) is 14.7 Å². The lowest BCUT2D eigenvalue weighted by molar-refractivity contribution is -0.128. The summed E-state index contributed by atoms with van der Waals surface area (Å²) in [4.78, 5) is 29.1. The van der Waals surface area contributed by atoms with Gasteiger partial charge in [-0.05, 0) is 46.6 Å². The Balaban J connectivity index is 1.59. The Morgan fingerprint density at radius 2 is 2.00 bits per heavy atom. The van der Waals surface area contributed by atoms with Crippen LogP contribution in [0.4, 0.5) is 10.5 Å². The molecule has 2 aromatic rings. The molecule has 1 aromatic heterocycles. The molecule has 2 N–H and O–H groups in total. The second-order valence-corrected chi connectivity index (χ2v) is 9.81. The Bertz CT molecular complexity index is 1030. The van der Waals surface area contributed by atoms with E-state index in [0.29, 0.717) is 32.5 Å². The number of amides is 2. The average Bonchev–Trinajstić information content (AvgIpc) is 3.03. The minimum Gasteiger partial charge on any atom is -0.444 e. The molecule has 2 aliphatic rings. The Labute approximate surface area is 188 Å². The van der Waals surface area contributed by atoms with Crippen molar-refractivity contribution in [3.63, 3.8) is 0 Å². The number of nitrogens with one attached hydrogen (secondary N) is 1. The van der Waals surface area contributed by atoms with Crippen LogP contribution in [0.25, 0.3) is 10.9 Å².